The van der Waals surface area contributed by atoms with Crippen molar-refractivity contribution in [2.45, 2.75) is 20.4 Å². The maximum Gasteiger partial charge on any atom is 0.286 e. The molecular formula is C21H22N2O3S. The SMILES string of the molecule is C=CCn1c(=NC(=O)COc2ccc(C)cc2)sc2cc(OCC)ccc21. The van der Waals surface area contributed by atoms with Crippen molar-refractivity contribution in [1.29, 1.82) is 0 Å². The fraction of sp³-hybridized carbons (Fsp3) is 0.238. The molecule has 0 unspecified atom stereocenters. The molecule has 1 aromatic heterocycles. The maximum atomic E-state index is 12.3. The average molecular weight is 382 g/mol. The van der Waals surface area contributed by atoms with Crippen LogP contribution in [0, 0.1) is 6.92 Å². The molecule has 140 valence electrons. The van der Waals surface area contributed by atoms with E-state index in [1.807, 2.05) is 60.9 Å². The predicted octanol–water partition coefficient (Wildman–Crippen LogP) is 4.10. The molecule has 0 bridgehead atoms. The van der Waals surface area contributed by atoms with Crippen LogP contribution >= 0.6 is 11.3 Å². The Morgan fingerprint density at radius 3 is 2.63 bits per heavy atom. The largest absolute Gasteiger partial charge is 0.494 e. The van der Waals surface area contributed by atoms with Crippen LogP contribution in [0.5, 0.6) is 11.5 Å². The fourth-order valence-corrected chi connectivity index (χ4v) is 3.70. The second-order valence-corrected chi connectivity index (χ2v) is 6.96. The lowest BCUT2D eigenvalue weighted by Gasteiger charge is -2.04. The third kappa shape index (κ3) is 4.65. The molecule has 5 nitrogen and oxygen atoms in total. The molecule has 0 saturated carbocycles. The molecular weight excluding hydrogens is 360 g/mol. The van der Waals surface area contributed by atoms with Crippen LogP contribution in [0.25, 0.3) is 10.2 Å². The highest BCUT2D eigenvalue weighted by Crippen LogP contribution is 2.23. The molecule has 0 atom stereocenters. The number of fused-ring (bicyclic) bond motifs is 1. The minimum absolute atomic E-state index is 0.102. The van der Waals surface area contributed by atoms with Crippen molar-refractivity contribution in [3.63, 3.8) is 0 Å². The highest BCUT2D eigenvalue weighted by molar-refractivity contribution is 7.16. The summed E-state index contributed by atoms with van der Waals surface area (Å²) in [4.78, 5) is 17.2. The molecule has 0 N–H and O–H groups in total. The summed E-state index contributed by atoms with van der Waals surface area (Å²) in [7, 11) is 0. The number of nitrogens with zero attached hydrogens (tertiary/aromatic N) is 2. The van der Waals surface area contributed by atoms with Crippen LogP contribution in [0.4, 0.5) is 0 Å². The first kappa shape index (κ1) is 18.9. The Balaban J connectivity index is 1.86. The third-order valence-corrected chi connectivity index (χ3v) is 4.92. The molecule has 3 aromatic rings. The van der Waals surface area contributed by atoms with Gasteiger partial charge in [-0.1, -0.05) is 35.1 Å². The number of hydrogen-bond donors (Lipinski definition) is 0. The van der Waals surface area contributed by atoms with Crippen molar-refractivity contribution in [3.8, 4) is 11.5 Å². The van der Waals surface area contributed by atoms with Crippen molar-refractivity contribution in [2.75, 3.05) is 13.2 Å². The number of carbonyl (C=O) groups excluding carboxylic acids is 1. The summed E-state index contributed by atoms with van der Waals surface area (Å²) in [5.74, 6) is 1.13. The van der Waals surface area contributed by atoms with E-state index in [4.69, 9.17) is 9.47 Å². The van der Waals surface area contributed by atoms with Gasteiger partial charge in [0.25, 0.3) is 5.91 Å². The van der Waals surface area contributed by atoms with Gasteiger partial charge in [-0.05, 0) is 44.2 Å². The second kappa shape index (κ2) is 8.68. The molecule has 1 heterocycles. The van der Waals surface area contributed by atoms with Crippen molar-refractivity contribution in [3.05, 3.63) is 65.5 Å². The number of amides is 1. The molecule has 0 spiro atoms. The van der Waals surface area contributed by atoms with Crippen molar-refractivity contribution >= 4 is 27.5 Å². The number of hydrogen-bond acceptors (Lipinski definition) is 4. The maximum absolute atomic E-state index is 12.3. The first-order valence-electron chi connectivity index (χ1n) is 8.75. The quantitative estimate of drug-likeness (QED) is 0.578. The summed E-state index contributed by atoms with van der Waals surface area (Å²) in [6.07, 6.45) is 1.79. The Labute approximate surface area is 162 Å². The molecule has 3 rings (SSSR count). The minimum Gasteiger partial charge on any atom is -0.494 e. The van der Waals surface area contributed by atoms with Gasteiger partial charge in [0.15, 0.2) is 11.4 Å². The molecule has 1 amide bonds. The van der Waals surface area contributed by atoms with E-state index >= 15 is 0 Å². The standard InChI is InChI=1S/C21H22N2O3S/c1-4-12-23-18-11-10-17(25-5-2)13-19(18)27-21(23)22-20(24)14-26-16-8-6-15(3)7-9-16/h4,6-11,13H,1,5,12,14H2,2-3H3. The monoisotopic (exact) mass is 382 g/mol. The Morgan fingerprint density at radius 2 is 1.93 bits per heavy atom. The fourth-order valence-electron chi connectivity index (χ4n) is 2.62. The summed E-state index contributed by atoms with van der Waals surface area (Å²) in [5, 5.41) is 0. The molecule has 0 aliphatic rings. The molecule has 0 saturated heterocycles. The van der Waals surface area contributed by atoms with Gasteiger partial charge < -0.3 is 14.0 Å². The van der Waals surface area contributed by atoms with E-state index in [2.05, 4.69) is 11.6 Å². The van der Waals surface area contributed by atoms with E-state index in [1.54, 1.807) is 6.08 Å². The molecule has 0 aliphatic carbocycles. The first-order chi connectivity index (χ1) is 13.1. The number of aryl methyl sites for hydroxylation is 1. The average Bonchev–Trinajstić information content (AvgIpc) is 2.98. The number of carbonyl (C=O) groups is 1. The Kier molecular flexibility index (Phi) is 6.08. The van der Waals surface area contributed by atoms with Crippen molar-refractivity contribution < 1.29 is 14.3 Å². The van der Waals surface area contributed by atoms with Crippen LogP contribution < -0.4 is 14.3 Å². The molecule has 27 heavy (non-hydrogen) atoms. The van der Waals surface area contributed by atoms with Gasteiger partial charge in [-0.2, -0.15) is 4.99 Å². The topological polar surface area (TPSA) is 52.8 Å². The zero-order valence-electron chi connectivity index (χ0n) is 15.5. The van der Waals surface area contributed by atoms with E-state index in [1.165, 1.54) is 11.3 Å². The lowest BCUT2D eigenvalue weighted by molar-refractivity contribution is -0.120. The second-order valence-electron chi connectivity index (χ2n) is 5.95. The zero-order valence-corrected chi connectivity index (χ0v) is 16.3. The van der Waals surface area contributed by atoms with E-state index in [9.17, 15) is 4.79 Å². The lowest BCUT2D eigenvalue weighted by Crippen LogP contribution is -2.19. The van der Waals surface area contributed by atoms with Crippen LogP contribution in [0.2, 0.25) is 0 Å². The predicted molar refractivity (Wildman–Crippen MR) is 108 cm³/mol. The van der Waals surface area contributed by atoms with Gasteiger partial charge in [-0.25, -0.2) is 0 Å². The molecule has 0 radical (unpaired) electrons. The summed E-state index contributed by atoms with van der Waals surface area (Å²) in [6.45, 7) is 8.82. The van der Waals surface area contributed by atoms with Crippen LogP contribution in [0.3, 0.4) is 0 Å². The van der Waals surface area contributed by atoms with Crippen LogP contribution in [0.1, 0.15) is 12.5 Å². The van der Waals surface area contributed by atoms with Crippen LogP contribution in [0.15, 0.2) is 60.1 Å². The first-order valence-corrected chi connectivity index (χ1v) is 9.56. The normalized spacial score (nSPS) is 11.6. The van der Waals surface area contributed by atoms with E-state index < -0.39 is 0 Å². The Hall–Kier alpha value is -2.86. The molecule has 0 aliphatic heterocycles. The van der Waals surface area contributed by atoms with Gasteiger partial charge in [-0.3, -0.25) is 4.79 Å². The number of aromatic nitrogens is 1. The minimum atomic E-state index is -0.329. The van der Waals surface area contributed by atoms with E-state index in [-0.39, 0.29) is 12.5 Å². The van der Waals surface area contributed by atoms with Crippen LogP contribution in [-0.4, -0.2) is 23.7 Å². The highest BCUT2D eigenvalue weighted by Gasteiger charge is 2.09. The third-order valence-electron chi connectivity index (χ3n) is 3.88. The zero-order chi connectivity index (χ0) is 19.2. The summed E-state index contributed by atoms with van der Waals surface area (Å²) in [5.41, 5.74) is 2.13. The van der Waals surface area contributed by atoms with Gasteiger partial charge in [-0.15, -0.1) is 6.58 Å². The summed E-state index contributed by atoms with van der Waals surface area (Å²) >= 11 is 1.45. The lowest BCUT2D eigenvalue weighted by atomic mass is 10.2. The molecule has 0 fully saturated rings. The number of allylic oxidation sites excluding steroid dienone is 1. The van der Waals surface area contributed by atoms with Gasteiger partial charge >= 0.3 is 0 Å². The Bertz CT molecular complexity index is 1020. The van der Waals surface area contributed by atoms with Gasteiger partial charge in [0, 0.05) is 6.54 Å². The van der Waals surface area contributed by atoms with Crippen molar-refractivity contribution in [2.24, 2.45) is 4.99 Å². The van der Waals surface area contributed by atoms with Gasteiger partial charge in [0.2, 0.25) is 0 Å². The summed E-state index contributed by atoms with van der Waals surface area (Å²) < 4.78 is 14.1. The number of ether oxygens (including phenoxy) is 2. The number of rotatable bonds is 7. The van der Waals surface area contributed by atoms with Crippen molar-refractivity contribution in [1.82, 2.24) is 4.57 Å². The van der Waals surface area contributed by atoms with Crippen LogP contribution in [-0.2, 0) is 11.3 Å². The van der Waals surface area contributed by atoms with Gasteiger partial charge in [0.05, 0.1) is 16.8 Å². The number of benzene rings is 2. The smallest absolute Gasteiger partial charge is 0.286 e. The molecule has 6 heteroatoms. The number of thiazole rings is 1. The molecule has 2 aromatic carbocycles. The van der Waals surface area contributed by atoms with E-state index in [0.29, 0.717) is 23.7 Å². The van der Waals surface area contributed by atoms with E-state index in [0.717, 1.165) is 21.5 Å². The Morgan fingerprint density at radius 1 is 1.19 bits per heavy atom. The van der Waals surface area contributed by atoms with Gasteiger partial charge in [0.1, 0.15) is 11.5 Å². The summed E-state index contributed by atoms with van der Waals surface area (Å²) in [6, 6.07) is 13.4. The highest BCUT2D eigenvalue weighted by atomic mass is 32.1.